The summed E-state index contributed by atoms with van der Waals surface area (Å²) >= 11 is 9.62. The van der Waals surface area contributed by atoms with Gasteiger partial charge in [0.2, 0.25) is 0 Å². The molecule has 1 N–H and O–H groups in total. The Kier molecular flexibility index (Phi) is 8.03. The maximum Gasteiger partial charge on any atom is 0.308 e. The van der Waals surface area contributed by atoms with E-state index in [1.165, 1.54) is 7.11 Å². The summed E-state index contributed by atoms with van der Waals surface area (Å²) in [4.78, 5) is 18.6. The molecule has 5 nitrogen and oxygen atoms in total. The summed E-state index contributed by atoms with van der Waals surface area (Å²) in [6.45, 7) is 5.18. The Labute approximate surface area is 162 Å². The number of ether oxygens (including phenoxy) is 1. The number of halogens is 2. The second-order valence-corrected chi connectivity index (χ2v) is 7.30. The second kappa shape index (κ2) is 10.0. The van der Waals surface area contributed by atoms with Crippen molar-refractivity contribution < 1.29 is 9.53 Å². The molecular weight excluding hydrogens is 406 g/mol. The lowest BCUT2D eigenvalue weighted by Crippen LogP contribution is -2.46. The van der Waals surface area contributed by atoms with Gasteiger partial charge >= 0.3 is 5.97 Å². The SMILES string of the molecule is CCNC(=NCCc1cc(Cl)ccc1Br)N1CCC(C(=O)OC)CC1. The van der Waals surface area contributed by atoms with E-state index in [0.29, 0.717) is 6.54 Å². The molecule has 0 aliphatic carbocycles. The second-order valence-electron chi connectivity index (χ2n) is 6.01. The van der Waals surface area contributed by atoms with Gasteiger partial charge in [0.1, 0.15) is 0 Å². The first-order valence-electron chi connectivity index (χ1n) is 8.60. The molecule has 0 amide bonds. The molecule has 1 aliphatic heterocycles. The van der Waals surface area contributed by atoms with Crippen LogP contribution in [0.5, 0.6) is 0 Å². The van der Waals surface area contributed by atoms with Gasteiger partial charge in [-0.05, 0) is 49.9 Å². The van der Waals surface area contributed by atoms with Crippen molar-refractivity contribution >= 4 is 39.5 Å². The van der Waals surface area contributed by atoms with Gasteiger partial charge < -0.3 is 15.0 Å². The maximum atomic E-state index is 11.7. The number of rotatable bonds is 5. The van der Waals surface area contributed by atoms with Crippen LogP contribution in [0.1, 0.15) is 25.3 Å². The summed E-state index contributed by atoms with van der Waals surface area (Å²) in [5.41, 5.74) is 1.15. The topological polar surface area (TPSA) is 53.9 Å². The zero-order chi connectivity index (χ0) is 18.2. The van der Waals surface area contributed by atoms with Crippen molar-refractivity contribution in [3.63, 3.8) is 0 Å². The minimum absolute atomic E-state index is 0.00606. The Morgan fingerprint density at radius 1 is 1.44 bits per heavy atom. The Hall–Kier alpha value is -1.27. The third-order valence-electron chi connectivity index (χ3n) is 4.31. The maximum absolute atomic E-state index is 11.7. The summed E-state index contributed by atoms with van der Waals surface area (Å²) in [6, 6.07) is 5.80. The monoisotopic (exact) mass is 429 g/mol. The normalized spacial score (nSPS) is 16.0. The summed E-state index contributed by atoms with van der Waals surface area (Å²) in [5.74, 6) is 0.808. The van der Waals surface area contributed by atoms with Gasteiger partial charge in [-0.1, -0.05) is 27.5 Å². The Morgan fingerprint density at radius 2 is 2.16 bits per heavy atom. The molecule has 7 heteroatoms. The van der Waals surface area contributed by atoms with Crippen LogP contribution in [-0.2, 0) is 16.0 Å². The van der Waals surface area contributed by atoms with Gasteiger partial charge in [0.25, 0.3) is 0 Å². The summed E-state index contributed by atoms with van der Waals surface area (Å²) in [6.07, 6.45) is 2.42. The van der Waals surface area contributed by atoms with E-state index in [4.69, 9.17) is 21.3 Å². The number of likely N-dealkylation sites (tertiary alicyclic amines) is 1. The van der Waals surface area contributed by atoms with E-state index in [1.807, 2.05) is 18.2 Å². The molecule has 1 aromatic rings. The van der Waals surface area contributed by atoms with E-state index in [-0.39, 0.29) is 11.9 Å². The molecule has 0 saturated carbocycles. The van der Waals surface area contributed by atoms with Crippen molar-refractivity contribution in [1.82, 2.24) is 10.2 Å². The number of benzene rings is 1. The predicted octanol–water partition coefficient (Wildman–Crippen LogP) is 3.50. The van der Waals surface area contributed by atoms with Gasteiger partial charge in [0.15, 0.2) is 5.96 Å². The number of hydrogen-bond acceptors (Lipinski definition) is 3. The number of methoxy groups -OCH3 is 1. The highest BCUT2D eigenvalue weighted by molar-refractivity contribution is 9.10. The lowest BCUT2D eigenvalue weighted by Gasteiger charge is -2.33. The highest BCUT2D eigenvalue weighted by Crippen LogP contribution is 2.22. The lowest BCUT2D eigenvalue weighted by atomic mass is 9.97. The number of nitrogens with zero attached hydrogens (tertiary/aromatic N) is 2. The molecule has 0 bridgehead atoms. The standard InChI is InChI=1S/C18H25BrClN3O2/c1-3-21-18(23-10-7-13(8-11-23)17(24)25-2)22-9-6-14-12-15(20)4-5-16(14)19/h4-5,12-13H,3,6-11H2,1-2H3,(H,21,22). The van der Waals surface area contributed by atoms with Gasteiger partial charge in [-0.15, -0.1) is 0 Å². The molecule has 0 aromatic heterocycles. The fraction of sp³-hybridized carbons (Fsp3) is 0.556. The van der Waals surface area contributed by atoms with Crippen molar-refractivity contribution in [2.75, 3.05) is 33.3 Å². The zero-order valence-corrected chi connectivity index (χ0v) is 17.1. The number of hydrogen-bond donors (Lipinski definition) is 1. The van der Waals surface area contributed by atoms with E-state index < -0.39 is 0 Å². The fourth-order valence-corrected chi connectivity index (χ4v) is 3.58. The molecule has 138 valence electrons. The van der Waals surface area contributed by atoms with Gasteiger partial charge in [-0.3, -0.25) is 9.79 Å². The highest BCUT2D eigenvalue weighted by atomic mass is 79.9. The zero-order valence-electron chi connectivity index (χ0n) is 14.7. The average molecular weight is 431 g/mol. The lowest BCUT2D eigenvalue weighted by molar-refractivity contribution is -0.146. The summed E-state index contributed by atoms with van der Waals surface area (Å²) < 4.78 is 5.90. The van der Waals surface area contributed by atoms with E-state index in [9.17, 15) is 4.79 Å². The molecule has 0 radical (unpaired) electrons. The molecule has 1 heterocycles. The smallest absolute Gasteiger partial charge is 0.308 e. The van der Waals surface area contributed by atoms with Crippen LogP contribution in [0.4, 0.5) is 0 Å². The third-order valence-corrected chi connectivity index (χ3v) is 5.32. The van der Waals surface area contributed by atoms with E-state index >= 15 is 0 Å². The number of piperidine rings is 1. The quantitative estimate of drug-likeness (QED) is 0.441. The van der Waals surface area contributed by atoms with Gasteiger partial charge in [0.05, 0.1) is 13.0 Å². The minimum Gasteiger partial charge on any atom is -0.469 e. The van der Waals surface area contributed by atoms with Crippen LogP contribution in [0.25, 0.3) is 0 Å². The first-order valence-corrected chi connectivity index (χ1v) is 9.77. The van der Waals surface area contributed by atoms with Crippen molar-refractivity contribution in [2.45, 2.75) is 26.2 Å². The van der Waals surface area contributed by atoms with Crippen molar-refractivity contribution in [2.24, 2.45) is 10.9 Å². The number of guanidine groups is 1. The molecule has 1 aromatic carbocycles. The van der Waals surface area contributed by atoms with Crippen LogP contribution in [0, 0.1) is 5.92 Å². The van der Waals surface area contributed by atoms with Crippen molar-refractivity contribution in [3.05, 3.63) is 33.3 Å². The van der Waals surface area contributed by atoms with E-state index in [1.54, 1.807) is 0 Å². The molecule has 1 fully saturated rings. The molecule has 25 heavy (non-hydrogen) atoms. The van der Waals surface area contributed by atoms with Crippen LogP contribution < -0.4 is 5.32 Å². The van der Waals surface area contributed by atoms with Gasteiger partial charge in [-0.25, -0.2) is 0 Å². The highest BCUT2D eigenvalue weighted by Gasteiger charge is 2.26. The molecule has 1 aliphatic rings. The number of aliphatic imine (C=N–C) groups is 1. The predicted molar refractivity (Wildman–Crippen MR) is 105 cm³/mol. The molecule has 1 saturated heterocycles. The van der Waals surface area contributed by atoms with Crippen LogP contribution in [0.15, 0.2) is 27.7 Å². The van der Waals surface area contributed by atoms with Crippen LogP contribution in [0.2, 0.25) is 5.02 Å². The largest absolute Gasteiger partial charge is 0.469 e. The molecule has 0 spiro atoms. The van der Waals surface area contributed by atoms with Crippen LogP contribution in [0.3, 0.4) is 0 Å². The Bertz CT molecular complexity index is 616. The number of esters is 1. The van der Waals surface area contributed by atoms with Gasteiger partial charge in [-0.2, -0.15) is 0 Å². The number of carbonyl (C=O) groups excluding carboxylic acids is 1. The van der Waals surface area contributed by atoms with Crippen LogP contribution in [-0.4, -0.2) is 50.1 Å². The molecule has 0 atom stereocenters. The Morgan fingerprint density at radius 3 is 2.80 bits per heavy atom. The third kappa shape index (κ3) is 5.89. The van der Waals surface area contributed by atoms with Crippen molar-refractivity contribution in [3.8, 4) is 0 Å². The average Bonchev–Trinajstić information content (AvgIpc) is 2.63. The Balaban J connectivity index is 1.94. The summed E-state index contributed by atoms with van der Waals surface area (Å²) in [7, 11) is 1.45. The first-order chi connectivity index (χ1) is 12.0. The summed E-state index contributed by atoms with van der Waals surface area (Å²) in [5, 5.41) is 4.08. The van der Waals surface area contributed by atoms with Crippen molar-refractivity contribution in [1.29, 1.82) is 0 Å². The van der Waals surface area contributed by atoms with Crippen LogP contribution >= 0.6 is 27.5 Å². The van der Waals surface area contributed by atoms with E-state index in [0.717, 1.165) is 59.9 Å². The number of nitrogens with one attached hydrogen (secondary N) is 1. The minimum atomic E-state index is -0.104. The molecular formula is C18H25BrClN3O2. The first kappa shape index (κ1) is 20.0. The van der Waals surface area contributed by atoms with E-state index in [2.05, 4.69) is 33.1 Å². The fourth-order valence-electron chi connectivity index (χ4n) is 2.94. The molecule has 0 unspecified atom stereocenters. The number of carbonyl (C=O) groups is 1. The van der Waals surface area contributed by atoms with Gasteiger partial charge in [0, 0.05) is 35.7 Å². The molecule has 2 rings (SSSR count).